The summed E-state index contributed by atoms with van der Waals surface area (Å²) >= 11 is 5.31. The zero-order valence-corrected chi connectivity index (χ0v) is 9.61. The number of aryl methyl sites for hydroxylation is 1. The summed E-state index contributed by atoms with van der Waals surface area (Å²) in [5.41, 5.74) is 0.825. The highest BCUT2D eigenvalue weighted by Gasteiger charge is 2.26. The summed E-state index contributed by atoms with van der Waals surface area (Å²) in [7, 11) is 0. The van der Waals surface area contributed by atoms with E-state index in [9.17, 15) is 18.0 Å². The number of carbonyl (C=O) groups excluding carboxylic acids is 1. The number of amides is 1. The summed E-state index contributed by atoms with van der Waals surface area (Å²) in [4.78, 5) is 11.1. The van der Waals surface area contributed by atoms with Gasteiger partial charge in [-0.2, -0.15) is 13.2 Å². The predicted molar refractivity (Wildman–Crippen MR) is 60.2 cm³/mol. The van der Waals surface area contributed by atoms with E-state index in [4.69, 9.17) is 11.6 Å². The normalized spacial score (nSPS) is 11.3. The number of anilines is 1. The number of rotatable bonds is 4. The molecule has 0 fully saturated rings. The first kappa shape index (κ1) is 13.8. The molecule has 0 aliphatic heterocycles. The highest BCUT2D eigenvalue weighted by molar-refractivity contribution is 6.29. The van der Waals surface area contributed by atoms with Gasteiger partial charge in [0.05, 0.1) is 0 Å². The Balaban J connectivity index is 2.74. The van der Waals surface area contributed by atoms with Gasteiger partial charge in [0, 0.05) is 12.1 Å². The van der Waals surface area contributed by atoms with Crippen LogP contribution in [-0.2, 0) is 11.2 Å². The monoisotopic (exact) mass is 265 g/mol. The van der Waals surface area contributed by atoms with Crippen LogP contribution in [0.5, 0.6) is 0 Å². The second-order valence-electron chi connectivity index (χ2n) is 3.45. The van der Waals surface area contributed by atoms with Gasteiger partial charge in [0.15, 0.2) is 0 Å². The van der Waals surface area contributed by atoms with Crippen molar-refractivity contribution in [3.8, 4) is 0 Å². The Hall–Kier alpha value is -1.23. The molecule has 0 saturated carbocycles. The van der Waals surface area contributed by atoms with Gasteiger partial charge < -0.3 is 5.32 Å². The van der Waals surface area contributed by atoms with Crippen LogP contribution in [0.2, 0.25) is 0 Å². The van der Waals surface area contributed by atoms with Crippen molar-refractivity contribution in [1.82, 2.24) is 0 Å². The molecule has 1 aromatic rings. The van der Waals surface area contributed by atoms with Crippen LogP contribution in [0, 0.1) is 0 Å². The first-order valence-electron chi connectivity index (χ1n) is 4.93. The fourth-order valence-electron chi connectivity index (χ4n) is 1.32. The van der Waals surface area contributed by atoms with E-state index in [2.05, 4.69) is 5.32 Å². The van der Waals surface area contributed by atoms with Crippen LogP contribution in [0.4, 0.5) is 18.9 Å². The number of hydrogen-bond donors (Lipinski definition) is 1. The second kappa shape index (κ2) is 5.91. The first-order chi connectivity index (χ1) is 7.92. The summed E-state index contributed by atoms with van der Waals surface area (Å²) in [5, 5.41) is 2.46. The lowest BCUT2D eigenvalue weighted by molar-refractivity contribution is -0.133. The summed E-state index contributed by atoms with van der Waals surface area (Å²) < 4.78 is 36.3. The second-order valence-corrected chi connectivity index (χ2v) is 3.72. The Labute approximate surface area is 102 Å². The molecule has 2 nitrogen and oxygen atoms in total. The van der Waals surface area contributed by atoms with E-state index < -0.39 is 18.5 Å². The summed E-state index contributed by atoms with van der Waals surface area (Å²) in [6.07, 6.45) is -5.29. The van der Waals surface area contributed by atoms with Crippen molar-refractivity contribution in [3.63, 3.8) is 0 Å². The lowest BCUT2D eigenvalue weighted by atomic mass is 10.1. The number of para-hydroxylation sites is 1. The van der Waals surface area contributed by atoms with Crippen molar-refractivity contribution in [2.24, 2.45) is 0 Å². The molecule has 0 aliphatic rings. The molecule has 0 aliphatic carbocycles. The molecule has 0 spiro atoms. The number of nitrogens with one attached hydrogen (secondary N) is 1. The number of halogens is 4. The fraction of sp³-hybridized carbons (Fsp3) is 0.364. The Bertz CT molecular complexity index is 393. The molecular formula is C11H11ClF3NO. The van der Waals surface area contributed by atoms with Crippen LogP contribution in [-0.4, -0.2) is 18.0 Å². The molecule has 1 N–H and O–H groups in total. The third-order valence-electron chi connectivity index (χ3n) is 2.09. The van der Waals surface area contributed by atoms with Crippen LogP contribution < -0.4 is 5.32 Å². The molecule has 1 aromatic carbocycles. The molecule has 6 heteroatoms. The number of benzene rings is 1. The number of alkyl halides is 4. The molecule has 1 rings (SSSR count). The Morgan fingerprint density at radius 3 is 2.53 bits per heavy atom. The van der Waals surface area contributed by atoms with E-state index in [0.29, 0.717) is 11.3 Å². The molecule has 94 valence electrons. The van der Waals surface area contributed by atoms with Crippen LogP contribution in [0.25, 0.3) is 0 Å². The minimum absolute atomic E-state index is 0.164. The Morgan fingerprint density at radius 2 is 1.94 bits per heavy atom. The number of hydrogen-bond acceptors (Lipinski definition) is 1. The van der Waals surface area contributed by atoms with E-state index in [-0.39, 0.29) is 12.3 Å². The van der Waals surface area contributed by atoms with Crippen molar-refractivity contribution in [1.29, 1.82) is 0 Å². The highest BCUT2D eigenvalue weighted by Crippen LogP contribution is 2.25. The van der Waals surface area contributed by atoms with Crippen molar-refractivity contribution in [2.75, 3.05) is 11.2 Å². The number of carbonyl (C=O) groups is 1. The maximum absolute atomic E-state index is 12.1. The maximum Gasteiger partial charge on any atom is 0.389 e. The predicted octanol–water partition coefficient (Wildman–Crippen LogP) is 3.36. The van der Waals surface area contributed by atoms with Crippen LogP contribution >= 0.6 is 11.6 Å². The SMILES string of the molecule is O=C(CCl)Nc1ccccc1CCC(F)(F)F. The third kappa shape index (κ3) is 5.08. The van der Waals surface area contributed by atoms with Gasteiger partial charge in [-0.05, 0) is 18.1 Å². The molecule has 0 radical (unpaired) electrons. The lowest BCUT2D eigenvalue weighted by Crippen LogP contribution is -2.15. The van der Waals surface area contributed by atoms with Gasteiger partial charge in [-0.3, -0.25) is 4.79 Å². The van der Waals surface area contributed by atoms with E-state index >= 15 is 0 Å². The topological polar surface area (TPSA) is 29.1 Å². The van der Waals surface area contributed by atoms with Gasteiger partial charge in [-0.1, -0.05) is 18.2 Å². The minimum Gasteiger partial charge on any atom is -0.325 e. The van der Waals surface area contributed by atoms with Gasteiger partial charge in [-0.15, -0.1) is 11.6 Å². The van der Waals surface area contributed by atoms with E-state index in [1.807, 2.05) is 0 Å². The molecule has 0 aromatic heterocycles. The summed E-state index contributed by atoms with van der Waals surface area (Å²) in [6, 6.07) is 6.37. The fourth-order valence-corrected chi connectivity index (χ4v) is 1.39. The molecule has 0 saturated heterocycles. The molecule has 0 unspecified atom stereocenters. The van der Waals surface area contributed by atoms with Gasteiger partial charge in [0.2, 0.25) is 5.91 Å². The standard InChI is InChI=1S/C11H11ClF3NO/c12-7-10(17)16-9-4-2-1-3-8(9)5-6-11(13,14)15/h1-4H,5-7H2,(H,16,17). The van der Waals surface area contributed by atoms with E-state index in [1.54, 1.807) is 24.3 Å². The molecule has 0 bridgehead atoms. The van der Waals surface area contributed by atoms with Gasteiger partial charge in [0.25, 0.3) is 0 Å². The van der Waals surface area contributed by atoms with Crippen molar-refractivity contribution in [3.05, 3.63) is 29.8 Å². The highest BCUT2D eigenvalue weighted by atomic mass is 35.5. The Kier molecular flexibility index (Phi) is 4.81. The van der Waals surface area contributed by atoms with Gasteiger partial charge >= 0.3 is 6.18 Å². The molecular weight excluding hydrogens is 255 g/mol. The third-order valence-corrected chi connectivity index (χ3v) is 2.33. The maximum atomic E-state index is 12.1. The molecule has 0 heterocycles. The minimum atomic E-state index is -4.20. The van der Waals surface area contributed by atoms with Crippen LogP contribution in [0.1, 0.15) is 12.0 Å². The van der Waals surface area contributed by atoms with E-state index in [1.165, 1.54) is 0 Å². The summed E-state index contributed by atoms with van der Waals surface area (Å²) in [6.45, 7) is 0. The largest absolute Gasteiger partial charge is 0.389 e. The zero-order valence-electron chi connectivity index (χ0n) is 8.85. The van der Waals surface area contributed by atoms with Crippen molar-refractivity contribution >= 4 is 23.2 Å². The molecule has 17 heavy (non-hydrogen) atoms. The lowest BCUT2D eigenvalue weighted by Gasteiger charge is -2.11. The van der Waals surface area contributed by atoms with Crippen molar-refractivity contribution in [2.45, 2.75) is 19.0 Å². The van der Waals surface area contributed by atoms with Crippen LogP contribution in [0.3, 0.4) is 0 Å². The quantitative estimate of drug-likeness (QED) is 0.831. The average Bonchev–Trinajstić information content (AvgIpc) is 2.26. The van der Waals surface area contributed by atoms with Crippen molar-refractivity contribution < 1.29 is 18.0 Å². The van der Waals surface area contributed by atoms with Crippen LogP contribution in [0.15, 0.2) is 24.3 Å². The zero-order chi connectivity index (χ0) is 12.9. The smallest absolute Gasteiger partial charge is 0.325 e. The molecule has 0 atom stereocenters. The van der Waals surface area contributed by atoms with Gasteiger partial charge in [-0.25, -0.2) is 0 Å². The average molecular weight is 266 g/mol. The first-order valence-corrected chi connectivity index (χ1v) is 5.46. The van der Waals surface area contributed by atoms with Gasteiger partial charge in [0.1, 0.15) is 5.88 Å². The van der Waals surface area contributed by atoms with E-state index in [0.717, 1.165) is 0 Å². The Morgan fingerprint density at radius 1 is 1.29 bits per heavy atom. The molecule has 1 amide bonds. The summed E-state index contributed by atoms with van der Waals surface area (Å²) in [5.74, 6) is -0.667.